The molecule has 3 rings (SSSR count). The topological polar surface area (TPSA) is 71.1 Å². The van der Waals surface area contributed by atoms with Gasteiger partial charge in [0.1, 0.15) is 5.75 Å². The first-order valence-electron chi connectivity index (χ1n) is 9.62. The van der Waals surface area contributed by atoms with E-state index in [0.29, 0.717) is 37.6 Å². The van der Waals surface area contributed by atoms with Crippen LogP contribution in [-0.4, -0.2) is 74.8 Å². The molecular formula is C21H27N3O4. The number of carbonyl (C=O) groups excluding carboxylic acids is 2. The normalized spacial score (nSPS) is 14.7. The first-order chi connectivity index (χ1) is 13.6. The molecule has 28 heavy (non-hydrogen) atoms. The molecule has 1 N–H and O–H groups in total. The van der Waals surface area contributed by atoms with E-state index in [0.717, 1.165) is 30.4 Å². The fraction of sp³-hybridized carbons (Fsp3) is 0.429. The van der Waals surface area contributed by atoms with Crippen LogP contribution in [0.4, 0.5) is 4.79 Å². The molecule has 0 spiro atoms. The minimum absolute atomic E-state index is 0.131. The third-order valence-corrected chi connectivity index (χ3v) is 4.94. The van der Waals surface area contributed by atoms with Crippen molar-refractivity contribution in [3.8, 4) is 5.75 Å². The van der Waals surface area contributed by atoms with Crippen molar-refractivity contribution in [1.29, 1.82) is 0 Å². The average molecular weight is 385 g/mol. The fourth-order valence-corrected chi connectivity index (χ4v) is 3.46. The van der Waals surface area contributed by atoms with E-state index in [1.807, 2.05) is 43.3 Å². The predicted octanol–water partition coefficient (Wildman–Crippen LogP) is 2.35. The average Bonchev–Trinajstić information content (AvgIpc) is 2.73. The molecule has 1 fully saturated rings. The van der Waals surface area contributed by atoms with E-state index in [4.69, 9.17) is 9.47 Å². The molecule has 0 atom stereocenters. The Morgan fingerprint density at radius 1 is 1.07 bits per heavy atom. The second kappa shape index (κ2) is 9.41. The second-order valence-corrected chi connectivity index (χ2v) is 6.65. The van der Waals surface area contributed by atoms with Crippen LogP contribution in [0, 0.1) is 0 Å². The standard InChI is InChI=1S/C21H27N3O4/c1-3-28-18-9-8-16-6-4-5-7-17(16)19(18)20(25)22-10-11-23-12-14-24(15-13-23)21(26)27-2/h4-9H,3,10-15H2,1-2H3,(H,22,25). The number of carbonyl (C=O) groups is 2. The molecule has 0 aromatic heterocycles. The van der Waals surface area contributed by atoms with E-state index in [1.165, 1.54) is 7.11 Å². The minimum Gasteiger partial charge on any atom is -0.493 e. The van der Waals surface area contributed by atoms with E-state index in [-0.39, 0.29) is 12.0 Å². The molecule has 1 aliphatic heterocycles. The van der Waals surface area contributed by atoms with Crippen molar-refractivity contribution in [1.82, 2.24) is 15.1 Å². The molecule has 0 saturated carbocycles. The molecule has 7 nitrogen and oxygen atoms in total. The van der Waals surface area contributed by atoms with Gasteiger partial charge in [-0.3, -0.25) is 9.69 Å². The Labute approximate surface area is 165 Å². The summed E-state index contributed by atoms with van der Waals surface area (Å²) in [6.45, 7) is 6.49. The molecule has 7 heteroatoms. The Hall–Kier alpha value is -2.80. The number of rotatable bonds is 6. The quantitative estimate of drug-likeness (QED) is 0.827. The summed E-state index contributed by atoms with van der Waals surface area (Å²) in [6, 6.07) is 11.6. The Morgan fingerprint density at radius 2 is 1.82 bits per heavy atom. The number of benzene rings is 2. The van der Waals surface area contributed by atoms with Crippen LogP contribution in [0.5, 0.6) is 5.75 Å². The molecule has 0 radical (unpaired) electrons. The van der Waals surface area contributed by atoms with Gasteiger partial charge in [0, 0.05) is 39.3 Å². The summed E-state index contributed by atoms with van der Waals surface area (Å²) in [5.41, 5.74) is 0.579. The van der Waals surface area contributed by atoms with Crippen LogP contribution < -0.4 is 10.1 Å². The molecule has 2 aromatic carbocycles. The Balaban J connectivity index is 1.60. The molecule has 2 aromatic rings. The molecule has 0 aliphatic carbocycles. The summed E-state index contributed by atoms with van der Waals surface area (Å²) in [7, 11) is 1.40. The number of ether oxygens (including phenoxy) is 2. The van der Waals surface area contributed by atoms with Crippen LogP contribution in [0.3, 0.4) is 0 Å². The van der Waals surface area contributed by atoms with Gasteiger partial charge in [0.25, 0.3) is 5.91 Å². The molecule has 150 valence electrons. The number of fused-ring (bicyclic) bond motifs is 1. The lowest BCUT2D eigenvalue weighted by Crippen LogP contribution is -2.50. The maximum Gasteiger partial charge on any atom is 0.409 e. The molecule has 2 amide bonds. The summed E-state index contributed by atoms with van der Waals surface area (Å²) in [6.07, 6.45) is -0.285. The van der Waals surface area contributed by atoms with Crippen molar-refractivity contribution in [2.24, 2.45) is 0 Å². The lowest BCUT2D eigenvalue weighted by atomic mass is 10.0. The summed E-state index contributed by atoms with van der Waals surface area (Å²) in [4.78, 5) is 28.4. The first-order valence-corrected chi connectivity index (χ1v) is 9.62. The Kier molecular flexibility index (Phi) is 6.71. The van der Waals surface area contributed by atoms with Crippen molar-refractivity contribution in [2.75, 3.05) is 53.0 Å². The van der Waals surface area contributed by atoms with Gasteiger partial charge in [0.2, 0.25) is 0 Å². The van der Waals surface area contributed by atoms with Crippen LogP contribution in [0.1, 0.15) is 17.3 Å². The maximum atomic E-state index is 12.9. The highest BCUT2D eigenvalue weighted by atomic mass is 16.5. The van der Waals surface area contributed by atoms with Crippen LogP contribution in [0.15, 0.2) is 36.4 Å². The van der Waals surface area contributed by atoms with Gasteiger partial charge in [-0.2, -0.15) is 0 Å². The van der Waals surface area contributed by atoms with Gasteiger partial charge >= 0.3 is 6.09 Å². The van der Waals surface area contributed by atoms with Crippen LogP contribution in [0.2, 0.25) is 0 Å². The Morgan fingerprint density at radius 3 is 2.54 bits per heavy atom. The van der Waals surface area contributed by atoms with Gasteiger partial charge in [-0.15, -0.1) is 0 Å². The van der Waals surface area contributed by atoms with E-state index in [1.54, 1.807) is 4.90 Å². The van der Waals surface area contributed by atoms with Crippen LogP contribution >= 0.6 is 0 Å². The Bertz CT molecular complexity index is 832. The molecule has 1 heterocycles. The van der Waals surface area contributed by atoms with E-state index < -0.39 is 0 Å². The molecule has 0 bridgehead atoms. The van der Waals surface area contributed by atoms with E-state index >= 15 is 0 Å². The van der Waals surface area contributed by atoms with Crippen molar-refractivity contribution in [3.05, 3.63) is 42.0 Å². The number of hydrogen-bond donors (Lipinski definition) is 1. The van der Waals surface area contributed by atoms with Crippen molar-refractivity contribution in [2.45, 2.75) is 6.92 Å². The summed E-state index contributed by atoms with van der Waals surface area (Å²) < 4.78 is 10.4. The van der Waals surface area contributed by atoms with Gasteiger partial charge in [-0.1, -0.05) is 30.3 Å². The zero-order chi connectivity index (χ0) is 19.9. The lowest BCUT2D eigenvalue weighted by molar-refractivity contribution is 0.0884. The second-order valence-electron chi connectivity index (χ2n) is 6.65. The van der Waals surface area contributed by atoms with Crippen LogP contribution in [0.25, 0.3) is 10.8 Å². The SMILES string of the molecule is CCOc1ccc2ccccc2c1C(=O)NCCN1CCN(C(=O)OC)CC1. The largest absolute Gasteiger partial charge is 0.493 e. The van der Waals surface area contributed by atoms with Crippen molar-refractivity contribution < 1.29 is 19.1 Å². The minimum atomic E-state index is -0.285. The summed E-state index contributed by atoms with van der Waals surface area (Å²) >= 11 is 0. The number of piperazine rings is 1. The first kappa shape index (κ1) is 19.9. The van der Waals surface area contributed by atoms with Crippen molar-refractivity contribution >= 4 is 22.8 Å². The fourth-order valence-electron chi connectivity index (χ4n) is 3.46. The van der Waals surface area contributed by atoms with Gasteiger partial charge in [-0.05, 0) is 23.8 Å². The lowest BCUT2D eigenvalue weighted by Gasteiger charge is -2.33. The summed E-state index contributed by atoms with van der Waals surface area (Å²) in [5, 5.41) is 4.91. The highest BCUT2D eigenvalue weighted by Gasteiger charge is 2.21. The number of nitrogens with zero attached hydrogens (tertiary/aromatic N) is 2. The van der Waals surface area contributed by atoms with Gasteiger partial charge in [0.05, 0.1) is 19.3 Å². The third kappa shape index (κ3) is 4.54. The smallest absolute Gasteiger partial charge is 0.409 e. The number of hydrogen-bond acceptors (Lipinski definition) is 5. The van der Waals surface area contributed by atoms with E-state index in [9.17, 15) is 9.59 Å². The van der Waals surface area contributed by atoms with Crippen molar-refractivity contribution in [3.63, 3.8) is 0 Å². The van der Waals surface area contributed by atoms with E-state index in [2.05, 4.69) is 10.2 Å². The number of amides is 2. The highest BCUT2D eigenvalue weighted by Crippen LogP contribution is 2.28. The monoisotopic (exact) mass is 385 g/mol. The van der Waals surface area contributed by atoms with Gasteiger partial charge in [-0.25, -0.2) is 4.79 Å². The summed E-state index contributed by atoms with van der Waals surface area (Å²) in [5.74, 6) is 0.471. The maximum absolute atomic E-state index is 12.9. The molecule has 1 aliphatic rings. The number of methoxy groups -OCH3 is 1. The molecule has 0 unspecified atom stereocenters. The molecule has 1 saturated heterocycles. The van der Waals surface area contributed by atoms with Crippen LogP contribution in [-0.2, 0) is 4.74 Å². The highest BCUT2D eigenvalue weighted by molar-refractivity contribution is 6.09. The molecular weight excluding hydrogens is 358 g/mol. The van der Waals surface area contributed by atoms with Gasteiger partial charge < -0.3 is 19.7 Å². The zero-order valence-corrected chi connectivity index (χ0v) is 16.4. The predicted molar refractivity (Wildman–Crippen MR) is 108 cm³/mol. The van der Waals surface area contributed by atoms with Gasteiger partial charge in [0.15, 0.2) is 0 Å². The number of nitrogens with one attached hydrogen (secondary N) is 1. The zero-order valence-electron chi connectivity index (χ0n) is 16.4. The third-order valence-electron chi connectivity index (χ3n) is 4.94.